The standard InChI is InChI=1S/C17H11BrN6S/c18-11-2-1-10-8-22-16(19)15(13(10)7-11)24-23-12-3-4-14(21-9-12)17-20-5-6-25-17/h1-9H,(H2,19,22). The molecule has 0 fully saturated rings. The van der Waals surface area contributed by atoms with Gasteiger partial charge in [-0.15, -0.1) is 21.6 Å². The summed E-state index contributed by atoms with van der Waals surface area (Å²) in [6, 6.07) is 9.57. The smallest absolute Gasteiger partial charge is 0.151 e. The van der Waals surface area contributed by atoms with Crippen LogP contribution in [0.15, 0.2) is 69.0 Å². The van der Waals surface area contributed by atoms with Crippen molar-refractivity contribution in [2.75, 3.05) is 5.73 Å². The molecule has 0 aliphatic rings. The third kappa shape index (κ3) is 3.26. The number of aromatic nitrogens is 3. The van der Waals surface area contributed by atoms with Crippen molar-refractivity contribution in [2.45, 2.75) is 0 Å². The molecule has 0 unspecified atom stereocenters. The molecule has 0 saturated heterocycles. The van der Waals surface area contributed by atoms with Gasteiger partial charge in [0, 0.05) is 33.0 Å². The number of azo groups is 1. The minimum Gasteiger partial charge on any atom is -0.382 e. The third-order valence-electron chi connectivity index (χ3n) is 3.52. The Balaban J connectivity index is 1.69. The summed E-state index contributed by atoms with van der Waals surface area (Å²) < 4.78 is 0.941. The van der Waals surface area contributed by atoms with Crippen LogP contribution in [0, 0.1) is 0 Å². The molecule has 2 N–H and O–H groups in total. The monoisotopic (exact) mass is 410 g/mol. The maximum absolute atomic E-state index is 5.99. The van der Waals surface area contributed by atoms with Crippen molar-refractivity contribution in [1.82, 2.24) is 15.0 Å². The largest absolute Gasteiger partial charge is 0.382 e. The molecule has 0 saturated carbocycles. The van der Waals surface area contributed by atoms with Gasteiger partial charge in [-0.3, -0.25) is 4.98 Å². The van der Waals surface area contributed by atoms with Gasteiger partial charge in [0.15, 0.2) is 5.82 Å². The van der Waals surface area contributed by atoms with Gasteiger partial charge in [0.1, 0.15) is 16.4 Å². The van der Waals surface area contributed by atoms with Crippen molar-refractivity contribution in [1.29, 1.82) is 0 Å². The summed E-state index contributed by atoms with van der Waals surface area (Å²) in [4.78, 5) is 12.8. The average Bonchev–Trinajstić information content (AvgIpc) is 3.16. The van der Waals surface area contributed by atoms with Crippen molar-refractivity contribution < 1.29 is 0 Å². The summed E-state index contributed by atoms with van der Waals surface area (Å²) in [5.41, 5.74) is 7.97. The third-order valence-corrected chi connectivity index (χ3v) is 4.81. The van der Waals surface area contributed by atoms with Gasteiger partial charge in [-0.05, 0) is 24.3 Å². The lowest BCUT2D eigenvalue weighted by Gasteiger charge is -2.04. The maximum atomic E-state index is 5.99. The Morgan fingerprint density at radius 2 is 1.92 bits per heavy atom. The second-order valence-electron chi connectivity index (χ2n) is 5.16. The number of hydrogen-bond donors (Lipinski definition) is 1. The van der Waals surface area contributed by atoms with Crippen LogP contribution in [0.2, 0.25) is 0 Å². The van der Waals surface area contributed by atoms with Crippen LogP contribution in [0.1, 0.15) is 0 Å². The molecule has 0 bridgehead atoms. The highest BCUT2D eigenvalue weighted by atomic mass is 79.9. The highest BCUT2D eigenvalue weighted by molar-refractivity contribution is 9.10. The lowest BCUT2D eigenvalue weighted by atomic mass is 10.1. The normalized spacial score (nSPS) is 11.4. The van der Waals surface area contributed by atoms with Gasteiger partial charge in [0.2, 0.25) is 0 Å². The Kier molecular flexibility index (Phi) is 4.21. The van der Waals surface area contributed by atoms with E-state index in [1.165, 1.54) is 11.3 Å². The molecular formula is C17H11BrN6S. The average molecular weight is 411 g/mol. The lowest BCUT2D eigenvalue weighted by Crippen LogP contribution is -1.90. The zero-order chi connectivity index (χ0) is 17.2. The Hall–Kier alpha value is -2.71. The Bertz CT molecular complexity index is 1060. The number of halogens is 1. The van der Waals surface area contributed by atoms with Gasteiger partial charge >= 0.3 is 0 Å². The van der Waals surface area contributed by atoms with Crippen molar-refractivity contribution in [3.05, 3.63) is 58.8 Å². The SMILES string of the molecule is Nc1ncc2ccc(Br)cc2c1N=Nc1ccc(-c2nccs2)nc1. The topological polar surface area (TPSA) is 89.4 Å². The molecule has 0 amide bonds. The zero-order valence-corrected chi connectivity index (χ0v) is 15.2. The number of nitrogens with two attached hydrogens (primary N) is 1. The quantitative estimate of drug-likeness (QED) is 0.450. The van der Waals surface area contributed by atoms with Gasteiger partial charge in [0.25, 0.3) is 0 Å². The van der Waals surface area contributed by atoms with E-state index < -0.39 is 0 Å². The highest BCUT2D eigenvalue weighted by Crippen LogP contribution is 2.33. The molecule has 0 spiro atoms. The lowest BCUT2D eigenvalue weighted by molar-refractivity contribution is 1.19. The first-order valence-corrected chi connectivity index (χ1v) is 8.99. The van der Waals surface area contributed by atoms with Gasteiger partial charge in [-0.1, -0.05) is 22.0 Å². The zero-order valence-electron chi connectivity index (χ0n) is 12.8. The number of anilines is 1. The molecule has 0 atom stereocenters. The first kappa shape index (κ1) is 15.8. The van der Waals surface area contributed by atoms with E-state index in [0.717, 1.165) is 25.9 Å². The molecule has 8 heteroatoms. The summed E-state index contributed by atoms with van der Waals surface area (Å²) in [6.07, 6.45) is 5.13. The number of nitrogens with zero attached hydrogens (tertiary/aromatic N) is 5. The fourth-order valence-corrected chi connectivity index (χ4v) is 3.29. The Morgan fingerprint density at radius 1 is 1.00 bits per heavy atom. The van der Waals surface area contributed by atoms with Crippen molar-refractivity contribution in [2.24, 2.45) is 10.2 Å². The number of hydrogen-bond acceptors (Lipinski definition) is 7. The summed E-state index contributed by atoms with van der Waals surface area (Å²) in [5.74, 6) is 0.335. The molecule has 3 heterocycles. The molecule has 122 valence electrons. The van der Waals surface area contributed by atoms with Gasteiger partial charge in [-0.25, -0.2) is 9.97 Å². The second-order valence-corrected chi connectivity index (χ2v) is 6.97. The first-order chi connectivity index (χ1) is 12.2. The summed E-state index contributed by atoms with van der Waals surface area (Å²) in [7, 11) is 0. The van der Waals surface area contributed by atoms with Crippen molar-refractivity contribution in [3.8, 4) is 10.7 Å². The number of benzene rings is 1. The van der Waals surface area contributed by atoms with Crippen LogP contribution in [0.3, 0.4) is 0 Å². The molecule has 0 aliphatic carbocycles. The van der Waals surface area contributed by atoms with Crippen LogP contribution in [0.5, 0.6) is 0 Å². The maximum Gasteiger partial charge on any atom is 0.151 e. The van der Waals surface area contributed by atoms with Crippen LogP contribution in [-0.2, 0) is 0 Å². The molecule has 4 aromatic rings. The number of pyridine rings is 2. The van der Waals surface area contributed by atoms with E-state index in [4.69, 9.17) is 5.73 Å². The number of rotatable bonds is 3. The van der Waals surface area contributed by atoms with E-state index in [1.807, 2.05) is 35.7 Å². The summed E-state index contributed by atoms with van der Waals surface area (Å²) in [5, 5.41) is 13.2. The minimum absolute atomic E-state index is 0.335. The minimum atomic E-state index is 0.335. The van der Waals surface area contributed by atoms with Crippen LogP contribution >= 0.6 is 27.3 Å². The molecule has 4 rings (SSSR count). The predicted molar refractivity (Wildman–Crippen MR) is 103 cm³/mol. The molecule has 1 aromatic carbocycles. The van der Waals surface area contributed by atoms with E-state index >= 15 is 0 Å². The fraction of sp³-hybridized carbons (Fsp3) is 0. The molecule has 3 aromatic heterocycles. The van der Waals surface area contributed by atoms with E-state index in [1.54, 1.807) is 18.6 Å². The number of nitrogen functional groups attached to an aromatic ring is 1. The molecule has 0 radical (unpaired) electrons. The van der Waals surface area contributed by atoms with Crippen LogP contribution in [-0.4, -0.2) is 15.0 Å². The first-order valence-electron chi connectivity index (χ1n) is 7.32. The van der Waals surface area contributed by atoms with Crippen LogP contribution < -0.4 is 5.73 Å². The molecule has 0 aliphatic heterocycles. The van der Waals surface area contributed by atoms with Crippen LogP contribution in [0.4, 0.5) is 17.2 Å². The van der Waals surface area contributed by atoms with Crippen molar-refractivity contribution >= 4 is 55.2 Å². The number of fused-ring (bicyclic) bond motifs is 1. The van der Waals surface area contributed by atoms with E-state index in [2.05, 4.69) is 41.1 Å². The van der Waals surface area contributed by atoms with E-state index in [9.17, 15) is 0 Å². The summed E-state index contributed by atoms with van der Waals surface area (Å²) >= 11 is 5.01. The van der Waals surface area contributed by atoms with Gasteiger partial charge < -0.3 is 5.73 Å². The second kappa shape index (κ2) is 6.66. The molecule has 25 heavy (non-hydrogen) atoms. The molecular weight excluding hydrogens is 400 g/mol. The van der Waals surface area contributed by atoms with Crippen molar-refractivity contribution in [3.63, 3.8) is 0 Å². The number of thiazole rings is 1. The van der Waals surface area contributed by atoms with E-state index in [0.29, 0.717) is 17.2 Å². The highest BCUT2D eigenvalue weighted by Gasteiger charge is 2.07. The van der Waals surface area contributed by atoms with Gasteiger partial charge in [0.05, 0.1) is 11.9 Å². The van der Waals surface area contributed by atoms with E-state index in [-0.39, 0.29) is 0 Å². The fourth-order valence-electron chi connectivity index (χ4n) is 2.32. The van der Waals surface area contributed by atoms with Crippen LogP contribution in [0.25, 0.3) is 21.5 Å². The predicted octanol–water partition coefficient (Wildman–Crippen LogP) is 5.51. The van der Waals surface area contributed by atoms with Gasteiger partial charge in [-0.2, -0.15) is 0 Å². The molecule has 6 nitrogen and oxygen atoms in total. The Morgan fingerprint density at radius 3 is 2.68 bits per heavy atom. The Labute approximate surface area is 155 Å². The summed E-state index contributed by atoms with van der Waals surface area (Å²) in [6.45, 7) is 0.